The SMILES string of the molecule is Cc1ccc(Cc2nsc(N(CC(=O)NCCC(c3ccccc3)c3ccccc3)Cc3ccccc3)n2)cc1. The van der Waals surface area contributed by atoms with Gasteiger partial charge in [-0.2, -0.15) is 4.37 Å². The lowest BCUT2D eigenvalue weighted by Crippen LogP contribution is -2.37. The Hall–Kier alpha value is -4.29. The number of carbonyl (C=O) groups is 1. The predicted molar refractivity (Wildman–Crippen MR) is 164 cm³/mol. The molecule has 5 nitrogen and oxygen atoms in total. The summed E-state index contributed by atoms with van der Waals surface area (Å²) in [6.07, 6.45) is 1.49. The van der Waals surface area contributed by atoms with Crippen LogP contribution in [0.1, 0.15) is 46.0 Å². The van der Waals surface area contributed by atoms with Crippen LogP contribution in [0.4, 0.5) is 5.13 Å². The van der Waals surface area contributed by atoms with Gasteiger partial charge in [0.2, 0.25) is 11.0 Å². The number of rotatable bonds is 12. The highest BCUT2D eigenvalue weighted by molar-refractivity contribution is 7.09. The number of amides is 1. The molecule has 1 amide bonds. The zero-order valence-electron chi connectivity index (χ0n) is 22.7. The van der Waals surface area contributed by atoms with Gasteiger partial charge in [-0.3, -0.25) is 4.79 Å². The molecule has 1 aromatic heterocycles. The normalized spacial score (nSPS) is 10.9. The minimum absolute atomic E-state index is 0.0221. The molecule has 0 aliphatic rings. The molecule has 1 N–H and O–H groups in total. The molecule has 0 fully saturated rings. The van der Waals surface area contributed by atoms with Gasteiger partial charge < -0.3 is 10.2 Å². The van der Waals surface area contributed by atoms with Gasteiger partial charge in [0.25, 0.3) is 0 Å². The summed E-state index contributed by atoms with van der Waals surface area (Å²) in [5.74, 6) is 0.970. The van der Waals surface area contributed by atoms with Crippen LogP contribution in [0, 0.1) is 6.92 Å². The Bertz CT molecular complexity index is 1430. The maximum absolute atomic E-state index is 13.2. The quantitative estimate of drug-likeness (QED) is 0.187. The third-order valence-electron chi connectivity index (χ3n) is 6.92. The van der Waals surface area contributed by atoms with Gasteiger partial charge in [0.15, 0.2) is 0 Å². The first kappa shape index (κ1) is 27.3. The van der Waals surface area contributed by atoms with Crippen LogP contribution in [-0.2, 0) is 17.8 Å². The molecule has 0 bridgehead atoms. The van der Waals surface area contributed by atoms with Crippen molar-refractivity contribution in [3.8, 4) is 0 Å². The fourth-order valence-electron chi connectivity index (χ4n) is 4.81. The lowest BCUT2D eigenvalue weighted by molar-refractivity contribution is -0.119. The molecule has 40 heavy (non-hydrogen) atoms. The van der Waals surface area contributed by atoms with E-state index in [0.29, 0.717) is 19.5 Å². The zero-order chi connectivity index (χ0) is 27.6. The number of anilines is 1. The molecule has 0 aliphatic heterocycles. The van der Waals surface area contributed by atoms with E-state index in [0.717, 1.165) is 22.9 Å². The van der Waals surface area contributed by atoms with Gasteiger partial charge >= 0.3 is 0 Å². The highest BCUT2D eigenvalue weighted by Gasteiger charge is 2.18. The molecule has 0 aliphatic carbocycles. The zero-order valence-corrected chi connectivity index (χ0v) is 23.6. The van der Waals surface area contributed by atoms with E-state index in [1.54, 1.807) is 0 Å². The van der Waals surface area contributed by atoms with Gasteiger partial charge in [-0.25, -0.2) is 4.98 Å². The molecule has 0 atom stereocenters. The lowest BCUT2D eigenvalue weighted by atomic mass is 9.88. The molecule has 0 saturated carbocycles. The van der Waals surface area contributed by atoms with Gasteiger partial charge in [-0.15, -0.1) is 0 Å². The van der Waals surface area contributed by atoms with Crippen molar-refractivity contribution in [1.29, 1.82) is 0 Å². The van der Waals surface area contributed by atoms with Crippen molar-refractivity contribution in [2.75, 3.05) is 18.0 Å². The second kappa shape index (κ2) is 13.7. The molecule has 202 valence electrons. The Morgan fingerprint density at radius 3 is 2.02 bits per heavy atom. The topological polar surface area (TPSA) is 58.1 Å². The van der Waals surface area contributed by atoms with E-state index in [4.69, 9.17) is 4.98 Å². The van der Waals surface area contributed by atoms with E-state index in [1.807, 2.05) is 35.2 Å². The molecule has 5 rings (SSSR count). The summed E-state index contributed by atoms with van der Waals surface area (Å²) in [5.41, 5.74) is 6.04. The Morgan fingerprint density at radius 2 is 1.40 bits per heavy atom. The van der Waals surface area contributed by atoms with Gasteiger partial charge in [-0.1, -0.05) is 121 Å². The Balaban J connectivity index is 1.25. The minimum Gasteiger partial charge on any atom is -0.355 e. The molecule has 0 spiro atoms. The first-order valence-electron chi connectivity index (χ1n) is 13.7. The fraction of sp³-hybridized carbons (Fsp3) is 0.206. The second-order valence-electron chi connectivity index (χ2n) is 10.0. The molecule has 4 aromatic carbocycles. The molecule has 0 saturated heterocycles. The lowest BCUT2D eigenvalue weighted by Gasteiger charge is -2.22. The standard InChI is InChI=1S/C34H34N4OS/c1-26-17-19-27(20-18-26)23-32-36-34(40-37-32)38(24-28-11-5-2-6-12-28)25-33(39)35-22-21-31(29-13-7-3-8-14-29)30-15-9-4-10-16-30/h2-20,31H,21-25H2,1H3,(H,35,39). The number of carbonyl (C=O) groups excluding carboxylic acids is 1. The Kier molecular flexibility index (Phi) is 9.33. The molecular weight excluding hydrogens is 512 g/mol. The van der Waals surface area contributed by atoms with E-state index in [1.165, 1.54) is 33.8 Å². The number of hydrogen-bond acceptors (Lipinski definition) is 5. The van der Waals surface area contributed by atoms with Crippen molar-refractivity contribution in [3.63, 3.8) is 0 Å². The number of nitrogens with one attached hydrogen (secondary N) is 1. The smallest absolute Gasteiger partial charge is 0.239 e. The van der Waals surface area contributed by atoms with Crippen LogP contribution in [0.2, 0.25) is 0 Å². The monoisotopic (exact) mass is 546 g/mol. The van der Waals surface area contributed by atoms with Crippen molar-refractivity contribution in [2.45, 2.75) is 32.2 Å². The largest absolute Gasteiger partial charge is 0.355 e. The van der Waals surface area contributed by atoms with E-state index in [2.05, 4.69) is 102 Å². The van der Waals surface area contributed by atoms with Crippen LogP contribution in [0.15, 0.2) is 115 Å². The van der Waals surface area contributed by atoms with Gasteiger partial charge in [-0.05, 0) is 35.6 Å². The number of hydrogen-bond donors (Lipinski definition) is 1. The fourth-order valence-corrected chi connectivity index (χ4v) is 5.49. The van der Waals surface area contributed by atoms with Gasteiger partial charge in [0.05, 0.1) is 6.54 Å². The van der Waals surface area contributed by atoms with E-state index >= 15 is 0 Å². The average molecular weight is 547 g/mol. The van der Waals surface area contributed by atoms with Crippen molar-refractivity contribution in [1.82, 2.24) is 14.7 Å². The first-order valence-corrected chi connectivity index (χ1v) is 14.4. The molecule has 0 radical (unpaired) electrons. The van der Waals surface area contributed by atoms with Crippen LogP contribution < -0.4 is 10.2 Å². The average Bonchev–Trinajstić information content (AvgIpc) is 3.46. The second-order valence-corrected chi connectivity index (χ2v) is 10.7. The van der Waals surface area contributed by atoms with Gasteiger partial charge in [0, 0.05) is 37.0 Å². The number of aromatic nitrogens is 2. The van der Waals surface area contributed by atoms with Crippen molar-refractivity contribution >= 4 is 22.6 Å². The van der Waals surface area contributed by atoms with E-state index in [9.17, 15) is 4.79 Å². The third kappa shape index (κ3) is 7.64. The maximum atomic E-state index is 13.2. The van der Waals surface area contributed by atoms with Crippen molar-refractivity contribution in [3.05, 3.63) is 149 Å². The molecule has 5 aromatic rings. The van der Waals surface area contributed by atoms with Crippen LogP contribution in [0.5, 0.6) is 0 Å². The van der Waals surface area contributed by atoms with Crippen LogP contribution >= 0.6 is 11.5 Å². The van der Waals surface area contributed by atoms with Crippen LogP contribution in [0.25, 0.3) is 0 Å². The minimum atomic E-state index is -0.0221. The summed E-state index contributed by atoms with van der Waals surface area (Å²) in [7, 11) is 0. The third-order valence-corrected chi connectivity index (χ3v) is 7.74. The van der Waals surface area contributed by atoms with Gasteiger partial charge in [0.1, 0.15) is 5.82 Å². The summed E-state index contributed by atoms with van der Waals surface area (Å²) in [5, 5.41) is 3.92. The number of benzene rings is 4. The molecular formula is C34H34N4OS. The van der Waals surface area contributed by atoms with E-state index in [-0.39, 0.29) is 18.4 Å². The number of aryl methyl sites for hydroxylation is 1. The summed E-state index contributed by atoms with van der Waals surface area (Å²) in [6.45, 7) is 3.47. The van der Waals surface area contributed by atoms with Crippen molar-refractivity contribution < 1.29 is 4.79 Å². The Morgan fingerprint density at radius 1 is 0.800 bits per heavy atom. The van der Waals surface area contributed by atoms with E-state index < -0.39 is 0 Å². The molecule has 1 heterocycles. The Labute approximate surface area is 240 Å². The highest BCUT2D eigenvalue weighted by atomic mass is 32.1. The van der Waals surface area contributed by atoms with Crippen LogP contribution in [0.3, 0.4) is 0 Å². The summed E-state index contributed by atoms with van der Waals surface area (Å²) in [4.78, 5) is 20.0. The summed E-state index contributed by atoms with van der Waals surface area (Å²) in [6, 6.07) is 39.6. The molecule has 6 heteroatoms. The number of nitrogens with zero attached hydrogens (tertiary/aromatic N) is 3. The van der Waals surface area contributed by atoms with Crippen molar-refractivity contribution in [2.24, 2.45) is 0 Å². The molecule has 0 unspecified atom stereocenters. The first-order chi connectivity index (χ1) is 19.6. The van der Waals surface area contributed by atoms with Crippen LogP contribution in [-0.4, -0.2) is 28.4 Å². The summed E-state index contributed by atoms with van der Waals surface area (Å²) < 4.78 is 4.61. The maximum Gasteiger partial charge on any atom is 0.239 e. The summed E-state index contributed by atoms with van der Waals surface area (Å²) >= 11 is 1.35. The predicted octanol–water partition coefficient (Wildman–Crippen LogP) is 6.78. The highest BCUT2D eigenvalue weighted by Crippen LogP contribution is 2.27.